The monoisotopic (exact) mass is 411 g/mol. The van der Waals surface area contributed by atoms with E-state index in [1.165, 1.54) is 4.90 Å². The van der Waals surface area contributed by atoms with E-state index in [1.54, 1.807) is 42.2 Å². The van der Waals surface area contributed by atoms with Crippen LogP contribution in [0.4, 0.5) is 0 Å². The van der Waals surface area contributed by atoms with Crippen LogP contribution in [0.25, 0.3) is 5.69 Å². The predicted molar refractivity (Wildman–Crippen MR) is 110 cm³/mol. The maximum absolute atomic E-state index is 12.4. The van der Waals surface area contributed by atoms with Gasteiger partial charge >= 0.3 is 0 Å². The summed E-state index contributed by atoms with van der Waals surface area (Å²) in [5.74, 6) is 0.468. The summed E-state index contributed by atoms with van der Waals surface area (Å²) in [6.07, 6.45) is 5.31. The van der Waals surface area contributed by atoms with Crippen molar-refractivity contribution in [3.8, 4) is 5.69 Å². The van der Waals surface area contributed by atoms with Crippen LogP contribution in [0.5, 0.6) is 0 Å². The highest BCUT2D eigenvalue weighted by Gasteiger charge is 2.34. The molecular weight excluding hydrogens is 394 g/mol. The van der Waals surface area contributed by atoms with E-state index in [0.717, 1.165) is 29.4 Å². The number of carbonyl (C=O) groups excluding carboxylic acids is 2. The van der Waals surface area contributed by atoms with Gasteiger partial charge in [0.1, 0.15) is 0 Å². The van der Waals surface area contributed by atoms with Crippen molar-refractivity contribution < 1.29 is 9.59 Å². The number of rotatable bonds is 7. The van der Waals surface area contributed by atoms with Crippen molar-refractivity contribution in [2.45, 2.75) is 18.0 Å². The topological polar surface area (TPSA) is 55.2 Å². The SMILES string of the molecule is O=C1c2ccccc2C(=O)N1CCCCSc1nccn1-c1cccc(Cl)c1. The molecule has 142 valence electrons. The fourth-order valence-corrected chi connectivity index (χ4v) is 4.35. The number of hydrogen-bond acceptors (Lipinski definition) is 4. The summed E-state index contributed by atoms with van der Waals surface area (Å²) in [6, 6.07) is 14.6. The summed E-state index contributed by atoms with van der Waals surface area (Å²) in [7, 11) is 0. The molecule has 1 aliphatic rings. The average molecular weight is 412 g/mol. The first-order valence-electron chi connectivity index (χ1n) is 9.02. The van der Waals surface area contributed by atoms with Crippen molar-refractivity contribution in [3.63, 3.8) is 0 Å². The minimum atomic E-state index is -0.190. The Balaban J connectivity index is 1.29. The van der Waals surface area contributed by atoms with Crippen LogP contribution in [0.15, 0.2) is 66.1 Å². The lowest BCUT2D eigenvalue weighted by molar-refractivity contribution is 0.0652. The normalized spacial score (nSPS) is 13.2. The number of imide groups is 1. The number of carbonyl (C=O) groups is 2. The molecule has 0 bridgehead atoms. The molecule has 0 spiro atoms. The van der Waals surface area contributed by atoms with Gasteiger partial charge in [-0.15, -0.1) is 0 Å². The zero-order valence-electron chi connectivity index (χ0n) is 15.0. The third kappa shape index (κ3) is 3.70. The lowest BCUT2D eigenvalue weighted by atomic mass is 10.1. The van der Waals surface area contributed by atoms with E-state index in [9.17, 15) is 9.59 Å². The number of amides is 2. The number of hydrogen-bond donors (Lipinski definition) is 0. The molecule has 1 aliphatic heterocycles. The molecule has 0 N–H and O–H groups in total. The molecule has 0 radical (unpaired) electrons. The molecule has 0 saturated carbocycles. The third-order valence-electron chi connectivity index (χ3n) is 4.58. The van der Waals surface area contributed by atoms with E-state index in [4.69, 9.17) is 11.6 Å². The molecule has 4 rings (SSSR count). The number of fused-ring (bicyclic) bond motifs is 1. The van der Waals surface area contributed by atoms with Crippen molar-refractivity contribution in [2.75, 3.05) is 12.3 Å². The minimum absolute atomic E-state index is 0.190. The first kappa shape index (κ1) is 18.8. The summed E-state index contributed by atoms with van der Waals surface area (Å²) >= 11 is 7.73. The Morgan fingerprint density at radius 1 is 0.964 bits per heavy atom. The second kappa shape index (κ2) is 8.20. The van der Waals surface area contributed by atoms with Gasteiger partial charge in [0.25, 0.3) is 11.8 Å². The van der Waals surface area contributed by atoms with Gasteiger partial charge in [0.15, 0.2) is 5.16 Å². The zero-order chi connectivity index (χ0) is 19.5. The summed E-state index contributed by atoms with van der Waals surface area (Å²) in [6.45, 7) is 0.440. The summed E-state index contributed by atoms with van der Waals surface area (Å²) in [5.41, 5.74) is 1.98. The number of imidazole rings is 1. The van der Waals surface area contributed by atoms with Crippen LogP contribution in [-0.2, 0) is 0 Å². The van der Waals surface area contributed by atoms with E-state index in [0.29, 0.717) is 22.7 Å². The van der Waals surface area contributed by atoms with E-state index in [1.807, 2.05) is 35.0 Å². The average Bonchev–Trinajstić information content (AvgIpc) is 3.26. The van der Waals surface area contributed by atoms with Gasteiger partial charge in [-0.05, 0) is 43.2 Å². The molecule has 2 aromatic carbocycles. The Morgan fingerprint density at radius 3 is 2.43 bits per heavy atom. The summed E-state index contributed by atoms with van der Waals surface area (Å²) in [4.78, 5) is 30.5. The van der Waals surface area contributed by atoms with Crippen LogP contribution in [-0.4, -0.2) is 38.6 Å². The van der Waals surface area contributed by atoms with Crippen LogP contribution in [0, 0.1) is 0 Å². The molecule has 0 fully saturated rings. The molecule has 5 nitrogen and oxygen atoms in total. The first-order chi connectivity index (χ1) is 13.6. The van der Waals surface area contributed by atoms with Gasteiger partial charge in [0.2, 0.25) is 0 Å². The third-order valence-corrected chi connectivity index (χ3v) is 5.87. The highest BCUT2D eigenvalue weighted by atomic mass is 35.5. The van der Waals surface area contributed by atoms with Crippen LogP contribution in [0.1, 0.15) is 33.6 Å². The molecule has 7 heteroatoms. The number of aromatic nitrogens is 2. The van der Waals surface area contributed by atoms with Gasteiger partial charge in [-0.1, -0.05) is 41.6 Å². The quantitative estimate of drug-likeness (QED) is 0.321. The van der Waals surface area contributed by atoms with E-state index in [2.05, 4.69) is 4.98 Å². The fraction of sp³-hybridized carbons (Fsp3) is 0.190. The zero-order valence-corrected chi connectivity index (χ0v) is 16.6. The molecule has 2 heterocycles. The smallest absolute Gasteiger partial charge is 0.261 e. The Bertz CT molecular complexity index is 999. The van der Waals surface area contributed by atoms with Crippen LogP contribution in [0.2, 0.25) is 5.02 Å². The number of nitrogens with zero attached hydrogens (tertiary/aromatic N) is 3. The fourth-order valence-electron chi connectivity index (χ4n) is 3.20. The van der Waals surface area contributed by atoms with Gasteiger partial charge in [0, 0.05) is 35.4 Å². The standard InChI is InChI=1S/C21H18ClN3O2S/c22-15-6-5-7-16(14-15)24-12-10-23-21(24)28-13-4-3-11-25-19(26)17-8-1-2-9-18(17)20(25)27/h1-2,5-10,12,14H,3-4,11,13H2. The Hall–Kier alpha value is -2.57. The van der Waals surface area contributed by atoms with Crippen molar-refractivity contribution in [2.24, 2.45) is 0 Å². The molecule has 0 aliphatic carbocycles. The second-order valence-corrected chi connectivity index (χ2v) is 7.92. The number of unbranched alkanes of at least 4 members (excludes halogenated alkanes) is 1. The molecule has 1 aromatic heterocycles. The van der Waals surface area contributed by atoms with Crippen molar-refractivity contribution in [1.82, 2.24) is 14.5 Å². The number of benzene rings is 2. The van der Waals surface area contributed by atoms with E-state index in [-0.39, 0.29) is 11.8 Å². The van der Waals surface area contributed by atoms with Gasteiger partial charge in [-0.25, -0.2) is 4.98 Å². The maximum Gasteiger partial charge on any atom is 0.261 e. The van der Waals surface area contributed by atoms with Crippen LogP contribution in [0.3, 0.4) is 0 Å². The van der Waals surface area contributed by atoms with Gasteiger partial charge in [-0.3, -0.25) is 19.1 Å². The number of halogens is 1. The Morgan fingerprint density at radius 2 is 1.71 bits per heavy atom. The Kier molecular flexibility index (Phi) is 5.50. The van der Waals surface area contributed by atoms with Crippen molar-refractivity contribution >= 4 is 35.2 Å². The highest BCUT2D eigenvalue weighted by Crippen LogP contribution is 2.25. The van der Waals surface area contributed by atoms with Crippen LogP contribution < -0.4 is 0 Å². The highest BCUT2D eigenvalue weighted by molar-refractivity contribution is 7.99. The maximum atomic E-state index is 12.4. The molecule has 0 atom stereocenters. The molecule has 0 saturated heterocycles. The molecular formula is C21H18ClN3O2S. The summed E-state index contributed by atoms with van der Waals surface area (Å²) in [5, 5.41) is 1.58. The molecule has 3 aromatic rings. The van der Waals surface area contributed by atoms with Gasteiger partial charge in [0.05, 0.1) is 11.1 Å². The molecule has 28 heavy (non-hydrogen) atoms. The molecule has 0 unspecified atom stereocenters. The number of thioether (sulfide) groups is 1. The predicted octanol–water partition coefficient (Wildman–Crippen LogP) is 4.69. The lowest BCUT2D eigenvalue weighted by Gasteiger charge is -2.13. The summed E-state index contributed by atoms with van der Waals surface area (Å²) < 4.78 is 2.00. The lowest BCUT2D eigenvalue weighted by Crippen LogP contribution is -2.30. The van der Waals surface area contributed by atoms with Gasteiger partial charge in [-0.2, -0.15) is 0 Å². The van der Waals surface area contributed by atoms with Crippen LogP contribution >= 0.6 is 23.4 Å². The Labute approximate surface area is 172 Å². The van der Waals surface area contributed by atoms with Crippen molar-refractivity contribution in [1.29, 1.82) is 0 Å². The van der Waals surface area contributed by atoms with E-state index >= 15 is 0 Å². The first-order valence-corrected chi connectivity index (χ1v) is 10.4. The molecule has 2 amide bonds. The van der Waals surface area contributed by atoms with E-state index < -0.39 is 0 Å². The minimum Gasteiger partial charge on any atom is -0.295 e. The largest absolute Gasteiger partial charge is 0.295 e. The van der Waals surface area contributed by atoms with Gasteiger partial charge < -0.3 is 0 Å². The van der Waals surface area contributed by atoms with Crippen molar-refractivity contribution in [3.05, 3.63) is 77.1 Å². The second-order valence-electron chi connectivity index (χ2n) is 6.42.